The number of benzene rings is 3. The van der Waals surface area contributed by atoms with E-state index in [9.17, 15) is 14.7 Å². The Kier molecular flexibility index (Phi) is 7.71. The Balaban J connectivity index is 1.75. The van der Waals surface area contributed by atoms with E-state index in [4.69, 9.17) is 14.2 Å². The third kappa shape index (κ3) is 5.11. The Morgan fingerprint density at radius 3 is 2.44 bits per heavy atom. The van der Waals surface area contributed by atoms with Crippen molar-refractivity contribution in [3.05, 3.63) is 101 Å². The van der Waals surface area contributed by atoms with Gasteiger partial charge < -0.3 is 24.2 Å². The van der Waals surface area contributed by atoms with Gasteiger partial charge in [0.15, 0.2) is 0 Å². The van der Waals surface area contributed by atoms with E-state index in [2.05, 4.69) is 0 Å². The molecule has 7 heteroatoms. The van der Waals surface area contributed by atoms with E-state index in [-0.39, 0.29) is 24.5 Å². The van der Waals surface area contributed by atoms with Crippen LogP contribution in [-0.2, 0) is 20.9 Å². The molecule has 1 amide bonds. The molecule has 36 heavy (non-hydrogen) atoms. The van der Waals surface area contributed by atoms with E-state index in [1.54, 1.807) is 31.4 Å². The molecular formula is C29H29NO6. The molecule has 1 heterocycles. The summed E-state index contributed by atoms with van der Waals surface area (Å²) in [5.74, 6) is -0.405. The van der Waals surface area contributed by atoms with Crippen LogP contribution in [0.15, 0.2) is 78.4 Å². The highest BCUT2D eigenvalue weighted by Gasteiger charge is 2.46. The maximum Gasteiger partial charge on any atom is 0.295 e. The maximum atomic E-state index is 13.2. The summed E-state index contributed by atoms with van der Waals surface area (Å²) < 4.78 is 16.5. The van der Waals surface area contributed by atoms with Crippen LogP contribution in [0.5, 0.6) is 11.5 Å². The summed E-state index contributed by atoms with van der Waals surface area (Å²) in [6.07, 6.45) is 0. The fraction of sp³-hybridized carbons (Fsp3) is 0.241. The van der Waals surface area contributed by atoms with Crippen LogP contribution < -0.4 is 9.47 Å². The smallest absolute Gasteiger partial charge is 0.295 e. The van der Waals surface area contributed by atoms with Crippen molar-refractivity contribution in [2.24, 2.45) is 0 Å². The highest BCUT2D eigenvalue weighted by molar-refractivity contribution is 6.46. The second kappa shape index (κ2) is 11.1. The molecule has 0 radical (unpaired) electrons. The standard InChI is InChI=1S/C29H29NO6/c1-19-16-22(12-13-24(19)35-3)27(31)25-26(30(14-15-34-2)29(33)28(25)32)21-10-7-11-23(17-21)36-18-20-8-5-4-6-9-20/h4-13,16-17,26,31H,14-15,18H2,1-3H3/b27-25+. The second-order valence-corrected chi connectivity index (χ2v) is 8.52. The van der Waals surface area contributed by atoms with Crippen molar-refractivity contribution in [2.45, 2.75) is 19.6 Å². The number of carbonyl (C=O) groups is 2. The van der Waals surface area contributed by atoms with Gasteiger partial charge in [0.25, 0.3) is 11.7 Å². The monoisotopic (exact) mass is 487 g/mol. The number of hydrogen-bond acceptors (Lipinski definition) is 6. The SMILES string of the molecule is COCCN1C(=O)C(=O)/C(=C(/O)c2ccc(OC)c(C)c2)C1c1cccc(OCc2ccccc2)c1. The molecule has 1 aliphatic heterocycles. The first-order chi connectivity index (χ1) is 17.4. The zero-order valence-corrected chi connectivity index (χ0v) is 20.6. The molecular weight excluding hydrogens is 458 g/mol. The number of carbonyl (C=O) groups excluding carboxylic acids is 2. The Bertz CT molecular complexity index is 1280. The number of likely N-dealkylation sites (tertiary alicyclic amines) is 1. The average Bonchev–Trinajstić information content (AvgIpc) is 3.16. The number of aryl methyl sites for hydroxylation is 1. The van der Waals surface area contributed by atoms with Crippen LogP contribution in [0.25, 0.3) is 5.76 Å². The van der Waals surface area contributed by atoms with Gasteiger partial charge in [0.1, 0.15) is 23.9 Å². The summed E-state index contributed by atoms with van der Waals surface area (Å²) in [5.41, 5.74) is 2.93. The van der Waals surface area contributed by atoms with Gasteiger partial charge in [-0.05, 0) is 53.9 Å². The van der Waals surface area contributed by atoms with Crippen molar-refractivity contribution in [1.29, 1.82) is 0 Å². The lowest BCUT2D eigenvalue weighted by atomic mass is 9.94. The van der Waals surface area contributed by atoms with Crippen LogP contribution in [0.1, 0.15) is 28.3 Å². The Hall–Kier alpha value is -4.10. The molecule has 1 atom stereocenters. The number of methoxy groups -OCH3 is 2. The third-order valence-electron chi connectivity index (χ3n) is 6.17. The van der Waals surface area contributed by atoms with E-state index in [1.165, 1.54) is 12.0 Å². The van der Waals surface area contributed by atoms with Crippen molar-refractivity contribution in [3.63, 3.8) is 0 Å². The van der Waals surface area contributed by atoms with Gasteiger partial charge in [-0.25, -0.2) is 0 Å². The molecule has 0 aliphatic carbocycles. The lowest BCUT2D eigenvalue weighted by molar-refractivity contribution is -0.140. The maximum absolute atomic E-state index is 13.2. The van der Waals surface area contributed by atoms with E-state index >= 15 is 0 Å². The summed E-state index contributed by atoms with van der Waals surface area (Å²) in [6.45, 7) is 2.66. The van der Waals surface area contributed by atoms with Gasteiger partial charge >= 0.3 is 0 Å². The molecule has 3 aromatic rings. The number of Topliss-reactive ketones (excluding diaryl/α,β-unsaturated/α-hetero) is 1. The van der Waals surface area contributed by atoms with Gasteiger partial charge in [0.05, 0.1) is 25.3 Å². The highest BCUT2D eigenvalue weighted by atomic mass is 16.5. The topological polar surface area (TPSA) is 85.3 Å². The van der Waals surface area contributed by atoms with E-state index in [0.29, 0.717) is 29.2 Å². The van der Waals surface area contributed by atoms with Crippen LogP contribution >= 0.6 is 0 Å². The van der Waals surface area contributed by atoms with Gasteiger partial charge in [-0.3, -0.25) is 9.59 Å². The summed E-state index contributed by atoms with van der Waals surface area (Å²) in [7, 11) is 3.10. The normalized spacial score (nSPS) is 16.9. The number of nitrogens with zero attached hydrogens (tertiary/aromatic N) is 1. The van der Waals surface area contributed by atoms with Crippen LogP contribution in [0, 0.1) is 6.92 Å². The number of aliphatic hydroxyl groups excluding tert-OH is 1. The van der Waals surface area contributed by atoms with Crippen molar-refractivity contribution in [3.8, 4) is 11.5 Å². The lowest BCUT2D eigenvalue weighted by Gasteiger charge is -2.25. The Labute approximate surface area is 210 Å². The molecule has 0 bridgehead atoms. The number of ketones is 1. The lowest BCUT2D eigenvalue weighted by Crippen LogP contribution is -2.32. The van der Waals surface area contributed by atoms with Crippen LogP contribution in [0.2, 0.25) is 0 Å². The first-order valence-corrected chi connectivity index (χ1v) is 11.6. The Morgan fingerprint density at radius 2 is 1.75 bits per heavy atom. The molecule has 186 valence electrons. The highest BCUT2D eigenvalue weighted by Crippen LogP contribution is 2.40. The molecule has 1 unspecified atom stereocenters. The third-order valence-corrected chi connectivity index (χ3v) is 6.17. The summed E-state index contributed by atoms with van der Waals surface area (Å²) in [4.78, 5) is 27.6. The minimum absolute atomic E-state index is 0.0286. The van der Waals surface area contributed by atoms with E-state index in [0.717, 1.165) is 11.1 Å². The first kappa shape index (κ1) is 25.0. The Morgan fingerprint density at radius 1 is 0.972 bits per heavy atom. The molecule has 1 fully saturated rings. The number of hydrogen-bond donors (Lipinski definition) is 1. The first-order valence-electron chi connectivity index (χ1n) is 11.6. The van der Waals surface area contributed by atoms with Crippen molar-refractivity contribution >= 4 is 17.4 Å². The zero-order valence-electron chi connectivity index (χ0n) is 20.6. The summed E-state index contributed by atoms with van der Waals surface area (Å²) in [5, 5.41) is 11.3. The molecule has 4 rings (SSSR count). The quantitative estimate of drug-likeness (QED) is 0.269. The molecule has 0 spiro atoms. The van der Waals surface area contributed by atoms with Crippen LogP contribution in [0.4, 0.5) is 0 Å². The number of rotatable bonds is 9. The van der Waals surface area contributed by atoms with Crippen molar-refractivity contribution in [1.82, 2.24) is 4.90 Å². The predicted molar refractivity (Wildman–Crippen MR) is 136 cm³/mol. The van der Waals surface area contributed by atoms with Gasteiger partial charge in [-0.15, -0.1) is 0 Å². The molecule has 0 saturated carbocycles. The minimum Gasteiger partial charge on any atom is -0.507 e. The van der Waals surface area contributed by atoms with E-state index < -0.39 is 17.7 Å². The average molecular weight is 488 g/mol. The molecule has 3 aromatic carbocycles. The second-order valence-electron chi connectivity index (χ2n) is 8.52. The fourth-order valence-electron chi connectivity index (χ4n) is 4.34. The van der Waals surface area contributed by atoms with Crippen LogP contribution in [0.3, 0.4) is 0 Å². The fourth-order valence-corrected chi connectivity index (χ4v) is 4.34. The predicted octanol–water partition coefficient (Wildman–Crippen LogP) is 4.65. The number of ether oxygens (including phenoxy) is 3. The van der Waals surface area contributed by atoms with Crippen molar-refractivity contribution < 1.29 is 28.9 Å². The van der Waals surface area contributed by atoms with E-state index in [1.807, 2.05) is 55.5 Å². The molecule has 1 N–H and O–H groups in total. The molecule has 1 aliphatic rings. The summed E-state index contributed by atoms with van der Waals surface area (Å²) >= 11 is 0. The largest absolute Gasteiger partial charge is 0.507 e. The van der Waals surface area contributed by atoms with Gasteiger partial charge in [-0.1, -0.05) is 42.5 Å². The van der Waals surface area contributed by atoms with Gasteiger partial charge in [0, 0.05) is 19.2 Å². The molecule has 0 aromatic heterocycles. The van der Waals surface area contributed by atoms with Gasteiger partial charge in [-0.2, -0.15) is 0 Å². The number of aliphatic hydroxyl groups is 1. The van der Waals surface area contributed by atoms with Crippen molar-refractivity contribution in [2.75, 3.05) is 27.4 Å². The molecule has 1 saturated heterocycles. The number of amides is 1. The van der Waals surface area contributed by atoms with Crippen LogP contribution in [-0.4, -0.2) is 49.1 Å². The summed E-state index contributed by atoms with van der Waals surface area (Å²) in [6, 6.07) is 21.3. The minimum atomic E-state index is -0.789. The molecule has 7 nitrogen and oxygen atoms in total. The van der Waals surface area contributed by atoms with Gasteiger partial charge in [0.2, 0.25) is 0 Å². The zero-order chi connectivity index (χ0) is 25.7.